The maximum atomic E-state index is 6.46. The van der Waals surface area contributed by atoms with Gasteiger partial charge in [0.25, 0.3) is 0 Å². The van der Waals surface area contributed by atoms with Crippen LogP contribution in [0.15, 0.2) is 0 Å². The van der Waals surface area contributed by atoms with E-state index in [-0.39, 0.29) is 42.4 Å². The highest BCUT2D eigenvalue weighted by Gasteiger charge is 2.52. The van der Waals surface area contributed by atoms with Crippen LogP contribution >= 0.6 is 14.7 Å². The summed E-state index contributed by atoms with van der Waals surface area (Å²) >= 11 is 0. The van der Waals surface area contributed by atoms with E-state index in [0.29, 0.717) is 13.2 Å². The van der Waals surface area contributed by atoms with Crippen LogP contribution in [0.4, 0.5) is 0 Å². The van der Waals surface area contributed by atoms with Crippen molar-refractivity contribution in [2.24, 2.45) is 11.8 Å². The van der Waals surface area contributed by atoms with Crippen molar-refractivity contribution in [1.29, 1.82) is 0 Å². The maximum Gasteiger partial charge on any atom is 0.116 e. The van der Waals surface area contributed by atoms with E-state index < -0.39 is 20.3 Å². The number of rotatable bonds is 0. The molecule has 10 atom stereocenters. The fraction of sp³-hybridized carbons (Fsp3) is 0.895. The second-order valence-corrected chi connectivity index (χ2v) is 13.9. The van der Waals surface area contributed by atoms with Gasteiger partial charge in [-0.3, -0.25) is 0 Å². The van der Waals surface area contributed by atoms with Gasteiger partial charge in [0.15, 0.2) is 0 Å². The summed E-state index contributed by atoms with van der Waals surface area (Å²) in [6, 6.07) is 0. The Bertz CT molecular complexity index is 648. The molecule has 8 heteroatoms. The molecular formula is C19H36O6P2. The second kappa shape index (κ2) is 7.56. The average molecular weight is 422 g/mol. The van der Waals surface area contributed by atoms with Crippen LogP contribution in [0.3, 0.4) is 0 Å². The molecule has 0 saturated carbocycles. The zero-order valence-corrected chi connectivity index (χ0v) is 19.5. The summed E-state index contributed by atoms with van der Waals surface area (Å²) in [5, 5.41) is 0. The maximum absolute atomic E-state index is 6.46. The molecule has 3 aliphatic heterocycles. The first-order valence-electron chi connectivity index (χ1n) is 9.74. The van der Waals surface area contributed by atoms with Crippen molar-refractivity contribution in [2.75, 3.05) is 26.5 Å². The largest absolute Gasteiger partial charge is 0.370 e. The number of ether oxygens (including phenoxy) is 2. The third-order valence-corrected chi connectivity index (χ3v) is 8.84. The molecule has 3 saturated heterocycles. The Morgan fingerprint density at radius 2 is 1.52 bits per heavy atom. The van der Waals surface area contributed by atoms with E-state index in [1.807, 2.05) is 20.3 Å². The summed E-state index contributed by atoms with van der Waals surface area (Å²) in [4.78, 5) is 0. The highest BCUT2D eigenvalue weighted by Crippen LogP contribution is 2.55. The van der Waals surface area contributed by atoms with Gasteiger partial charge >= 0.3 is 0 Å². The Labute approximate surface area is 164 Å². The summed E-state index contributed by atoms with van der Waals surface area (Å²) in [6.45, 7) is 15.1. The van der Waals surface area contributed by atoms with Crippen LogP contribution in [0.2, 0.25) is 0 Å². The van der Waals surface area contributed by atoms with Crippen molar-refractivity contribution < 1.29 is 27.6 Å². The topological polar surface area (TPSA) is 55.4 Å². The van der Waals surface area contributed by atoms with Gasteiger partial charge in [0.1, 0.15) is 32.5 Å². The summed E-state index contributed by atoms with van der Waals surface area (Å²) in [5.41, 5.74) is -0.590. The lowest BCUT2D eigenvalue weighted by Crippen LogP contribution is -2.44. The Morgan fingerprint density at radius 3 is 2.19 bits per heavy atom. The monoisotopic (exact) mass is 422 g/mol. The van der Waals surface area contributed by atoms with Crippen molar-refractivity contribution in [2.45, 2.75) is 70.7 Å². The Balaban J connectivity index is 1.90. The molecule has 0 N–H and O–H groups in total. The lowest BCUT2D eigenvalue weighted by molar-refractivity contribution is -0.0879. The van der Waals surface area contributed by atoms with Crippen LogP contribution in [0.1, 0.15) is 34.6 Å². The van der Waals surface area contributed by atoms with Crippen LogP contribution < -0.4 is 0 Å². The predicted octanol–water partition coefficient (Wildman–Crippen LogP) is 3.86. The van der Waals surface area contributed by atoms with Gasteiger partial charge in [-0.05, 0) is 20.8 Å². The first-order chi connectivity index (χ1) is 12.3. The molecule has 3 aliphatic rings. The number of fused-ring (bicyclic) bond motifs is 2. The highest BCUT2D eigenvalue weighted by atomic mass is 31.2. The molecule has 0 aromatic rings. The van der Waals surface area contributed by atoms with Gasteiger partial charge in [-0.1, -0.05) is 26.4 Å². The summed E-state index contributed by atoms with van der Waals surface area (Å²) in [7, 11) is -4.63. The van der Waals surface area contributed by atoms with Crippen LogP contribution in [0.5, 0.6) is 0 Å². The molecule has 6 nitrogen and oxygen atoms in total. The van der Waals surface area contributed by atoms with Gasteiger partial charge in [0, 0.05) is 25.2 Å². The summed E-state index contributed by atoms with van der Waals surface area (Å²) in [6.07, 6.45) is 8.20. The Morgan fingerprint density at radius 1 is 0.889 bits per heavy atom. The fourth-order valence-corrected chi connectivity index (χ4v) is 7.01. The van der Waals surface area contributed by atoms with E-state index in [1.54, 1.807) is 0 Å². The minimum Gasteiger partial charge on any atom is -0.370 e. The first kappa shape index (κ1) is 22.1. The zero-order valence-electron chi connectivity index (χ0n) is 17.7. The van der Waals surface area contributed by atoms with Gasteiger partial charge in [-0.15, -0.1) is 0 Å². The first-order valence-corrected chi connectivity index (χ1v) is 14.3. The SMILES string of the molecule is C=P1(C)OC[C@@]2(C)O[C@@H](C)[C@H](C)[C@@H]2OP(=C)(C)OC[C@H]2O[C@@H](C)[C@H](C)[C@@H]2O1. The zero-order chi connectivity index (χ0) is 20.2. The van der Waals surface area contributed by atoms with Crippen molar-refractivity contribution in [3.63, 3.8) is 0 Å². The van der Waals surface area contributed by atoms with Gasteiger partial charge in [-0.25, -0.2) is 0 Å². The van der Waals surface area contributed by atoms with Crippen LogP contribution in [0.25, 0.3) is 0 Å². The van der Waals surface area contributed by atoms with E-state index in [4.69, 9.17) is 27.6 Å². The number of hydrogen-bond acceptors (Lipinski definition) is 6. The van der Waals surface area contributed by atoms with Crippen molar-refractivity contribution in [3.05, 3.63) is 0 Å². The fourth-order valence-electron chi connectivity index (χ4n) is 4.16. The molecule has 0 spiro atoms. The van der Waals surface area contributed by atoms with Crippen molar-refractivity contribution in [1.82, 2.24) is 0 Å². The smallest absolute Gasteiger partial charge is 0.116 e. The third-order valence-electron chi connectivity index (χ3n) is 6.11. The molecule has 0 amide bonds. The molecule has 0 bridgehead atoms. The quantitative estimate of drug-likeness (QED) is 0.553. The van der Waals surface area contributed by atoms with Gasteiger partial charge in [0.05, 0.1) is 31.5 Å². The third kappa shape index (κ3) is 4.59. The molecule has 158 valence electrons. The highest BCUT2D eigenvalue weighted by molar-refractivity contribution is 7.64. The lowest BCUT2D eigenvalue weighted by Gasteiger charge is -2.38. The molecule has 0 aliphatic carbocycles. The van der Waals surface area contributed by atoms with Crippen LogP contribution in [-0.4, -0.2) is 75.3 Å². The van der Waals surface area contributed by atoms with E-state index in [1.165, 1.54) is 0 Å². The normalized spacial score (nSPS) is 57.4. The van der Waals surface area contributed by atoms with Gasteiger partial charge < -0.3 is 27.6 Å². The predicted molar refractivity (Wildman–Crippen MR) is 113 cm³/mol. The van der Waals surface area contributed by atoms with Crippen molar-refractivity contribution >= 4 is 27.3 Å². The van der Waals surface area contributed by atoms with E-state index >= 15 is 0 Å². The molecule has 0 radical (unpaired) electrons. The van der Waals surface area contributed by atoms with E-state index in [2.05, 4.69) is 40.3 Å². The molecular weight excluding hydrogens is 386 g/mol. The molecule has 3 heterocycles. The standard InChI is InChI=1S/C19H36O6P2/c1-12-14(3)22-16-10-20-26(6,7)25-18-13(2)15(4)23-19(18,5)11-21-27(8,9)24-17(12)16/h12-18H,6,8,10-11H2,1-5,7,9H3/t12-,13-,14-,15-,16+,17-,18-,19+,26?,27?/m0/s1. The van der Waals surface area contributed by atoms with Crippen molar-refractivity contribution in [3.8, 4) is 0 Å². The molecule has 0 aromatic carbocycles. The minimum atomic E-state index is -2.31. The second-order valence-electron chi connectivity index (χ2n) is 8.93. The molecule has 0 aromatic heterocycles. The Hall–Kier alpha value is 0.360. The molecule has 27 heavy (non-hydrogen) atoms. The molecule has 2 unspecified atom stereocenters. The van der Waals surface area contributed by atoms with Crippen LogP contribution in [-0.2, 0) is 27.6 Å². The summed E-state index contributed by atoms with van der Waals surface area (Å²) < 4.78 is 37.7. The molecule has 3 fully saturated rings. The van der Waals surface area contributed by atoms with Gasteiger partial charge in [0.2, 0.25) is 0 Å². The van der Waals surface area contributed by atoms with E-state index in [0.717, 1.165) is 0 Å². The van der Waals surface area contributed by atoms with Gasteiger partial charge in [-0.2, -0.15) is 0 Å². The average Bonchev–Trinajstić information content (AvgIpc) is 2.93. The summed E-state index contributed by atoms with van der Waals surface area (Å²) in [5.74, 6) is 0.435. The Kier molecular flexibility index (Phi) is 6.17. The van der Waals surface area contributed by atoms with Crippen LogP contribution in [0, 0.1) is 11.8 Å². The molecule has 3 rings (SSSR count). The van der Waals surface area contributed by atoms with E-state index in [9.17, 15) is 0 Å². The minimum absolute atomic E-state index is 0.0626. The lowest BCUT2D eigenvalue weighted by atomic mass is 9.92. The number of hydrogen-bond donors (Lipinski definition) is 0.